The van der Waals surface area contributed by atoms with Crippen LogP contribution in [0.25, 0.3) is 0 Å². The van der Waals surface area contributed by atoms with Crippen molar-refractivity contribution >= 4 is 44.3 Å². The average Bonchev–Trinajstić information content (AvgIpc) is 2.09. The Morgan fingerprint density at radius 2 is 2.23 bits per heavy atom. The lowest BCUT2D eigenvalue weighted by Crippen LogP contribution is -1.96. The van der Waals surface area contributed by atoms with Crippen molar-refractivity contribution in [2.45, 2.75) is 6.92 Å². The summed E-state index contributed by atoms with van der Waals surface area (Å²) < 4.78 is 1.49. The van der Waals surface area contributed by atoms with E-state index in [0.29, 0.717) is 15.6 Å². The molecular formula is C9H5BrINO. The quantitative estimate of drug-likeness (QED) is 0.577. The number of Topliss-reactive ketones (excluding diaryl/α,β-unsaturated/α-hetero) is 1. The van der Waals surface area contributed by atoms with Gasteiger partial charge in [-0.1, -0.05) is 0 Å². The molecule has 0 saturated heterocycles. The maximum Gasteiger partial charge on any atom is 0.160 e. The third kappa shape index (κ3) is 2.09. The van der Waals surface area contributed by atoms with E-state index in [1.807, 2.05) is 22.6 Å². The van der Waals surface area contributed by atoms with Crippen LogP contribution in [0.5, 0.6) is 0 Å². The van der Waals surface area contributed by atoms with Crippen molar-refractivity contribution in [3.05, 3.63) is 31.3 Å². The molecule has 0 aliphatic rings. The van der Waals surface area contributed by atoms with Crippen molar-refractivity contribution in [3.8, 4) is 6.07 Å². The van der Waals surface area contributed by atoms with Crippen molar-refractivity contribution in [2.75, 3.05) is 0 Å². The minimum Gasteiger partial charge on any atom is -0.294 e. The third-order valence-corrected chi connectivity index (χ3v) is 4.27. The molecule has 0 heterocycles. The highest BCUT2D eigenvalue weighted by atomic mass is 127. The zero-order chi connectivity index (χ0) is 10.0. The van der Waals surface area contributed by atoms with Crippen LogP contribution in [0, 0.1) is 14.9 Å². The molecule has 0 fully saturated rings. The molecule has 0 atom stereocenters. The molecule has 0 bridgehead atoms. The molecule has 0 aliphatic carbocycles. The van der Waals surface area contributed by atoms with Gasteiger partial charge in [-0.15, -0.1) is 0 Å². The van der Waals surface area contributed by atoms with Crippen molar-refractivity contribution in [1.29, 1.82) is 5.26 Å². The summed E-state index contributed by atoms with van der Waals surface area (Å²) in [5.74, 6) is -0.00530. The molecule has 1 aromatic carbocycles. The molecule has 0 spiro atoms. The fraction of sp³-hybridized carbons (Fsp3) is 0.111. The first-order valence-corrected chi connectivity index (χ1v) is 5.34. The van der Waals surface area contributed by atoms with Crippen molar-refractivity contribution in [3.63, 3.8) is 0 Å². The molecule has 0 N–H and O–H groups in total. The van der Waals surface area contributed by atoms with E-state index in [0.717, 1.165) is 3.57 Å². The second kappa shape index (κ2) is 4.20. The van der Waals surface area contributed by atoms with Crippen LogP contribution < -0.4 is 0 Å². The van der Waals surface area contributed by atoms with Gasteiger partial charge in [0, 0.05) is 13.6 Å². The first-order chi connectivity index (χ1) is 6.07. The number of benzene rings is 1. The molecule has 0 radical (unpaired) electrons. The number of carbonyl (C=O) groups excluding carboxylic acids is 1. The predicted octanol–water partition coefficient (Wildman–Crippen LogP) is 3.13. The lowest BCUT2D eigenvalue weighted by molar-refractivity contribution is 0.101. The van der Waals surface area contributed by atoms with Gasteiger partial charge in [0.15, 0.2) is 5.78 Å². The van der Waals surface area contributed by atoms with Crippen molar-refractivity contribution < 1.29 is 4.79 Å². The minimum absolute atomic E-state index is 0.00530. The van der Waals surface area contributed by atoms with Gasteiger partial charge in [-0.2, -0.15) is 5.26 Å². The van der Waals surface area contributed by atoms with Gasteiger partial charge in [-0.25, -0.2) is 0 Å². The van der Waals surface area contributed by atoms with Gasteiger partial charge < -0.3 is 0 Å². The van der Waals surface area contributed by atoms with Crippen molar-refractivity contribution in [2.24, 2.45) is 0 Å². The van der Waals surface area contributed by atoms with Crippen LogP contribution in [-0.4, -0.2) is 5.78 Å². The molecule has 4 heteroatoms. The summed E-state index contributed by atoms with van der Waals surface area (Å²) in [6.07, 6.45) is 0. The second-order valence-electron chi connectivity index (χ2n) is 2.46. The predicted molar refractivity (Wildman–Crippen MR) is 61.6 cm³/mol. The Kier molecular flexibility index (Phi) is 3.45. The van der Waals surface area contributed by atoms with Gasteiger partial charge in [0.2, 0.25) is 0 Å². The number of rotatable bonds is 1. The lowest BCUT2D eigenvalue weighted by Gasteiger charge is -2.03. The highest BCUT2D eigenvalue weighted by Crippen LogP contribution is 2.26. The summed E-state index contributed by atoms with van der Waals surface area (Å²) in [6, 6.07) is 5.37. The molecule has 1 rings (SSSR count). The van der Waals surface area contributed by atoms with Gasteiger partial charge in [0.05, 0.1) is 5.56 Å². The molecule has 0 saturated carbocycles. The average molecular weight is 350 g/mol. The van der Waals surface area contributed by atoms with Gasteiger partial charge in [-0.05, 0) is 57.6 Å². The first kappa shape index (κ1) is 10.7. The molecule has 1 aromatic rings. The number of nitriles is 1. The Hall–Kier alpha value is -0.410. The van der Waals surface area contributed by atoms with E-state index >= 15 is 0 Å². The number of hydrogen-bond donors (Lipinski definition) is 0. The standard InChI is InChI=1S/C9H5BrINO/c1-5(13)7-3-2-6(4-12)9(11)8(7)10/h2-3H,1H3. The Balaban J connectivity index is 3.42. The van der Waals surface area contributed by atoms with Crippen LogP contribution in [0.4, 0.5) is 0 Å². The molecule has 0 amide bonds. The molecule has 2 nitrogen and oxygen atoms in total. The summed E-state index contributed by atoms with van der Waals surface area (Å²) in [5, 5.41) is 8.71. The van der Waals surface area contributed by atoms with E-state index in [1.54, 1.807) is 12.1 Å². The molecule has 0 unspecified atom stereocenters. The third-order valence-electron chi connectivity index (χ3n) is 1.58. The maximum absolute atomic E-state index is 11.1. The highest BCUT2D eigenvalue weighted by molar-refractivity contribution is 14.1. The fourth-order valence-corrected chi connectivity index (χ4v) is 2.12. The van der Waals surface area contributed by atoms with Crippen LogP contribution in [0.15, 0.2) is 16.6 Å². The van der Waals surface area contributed by atoms with Crippen LogP contribution >= 0.6 is 38.5 Å². The smallest absolute Gasteiger partial charge is 0.160 e. The highest BCUT2D eigenvalue weighted by Gasteiger charge is 2.11. The number of carbonyl (C=O) groups is 1. The molecule has 0 aliphatic heterocycles. The van der Waals surface area contributed by atoms with E-state index in [9.17, 15) is 4.79 Å². The van der Waals surface area contributed by atoms with E-state index in [-0.39, 0.29) is 5.78 Å². The van der Waals surface area contributed by atoms with Gasteiger partial charge in [0.25, 0.3) is 0 Å². The second-order valence-corrected chi connectivity index (χ2v) is 4.33. The van der Waals surface area contributed by atoms with Crippen LogP contribution in [0.1, 0.15) is 22.8 Å². The van der Waals surface area contributed by atoms with E-state index in [1.165, 1.54) is 6.92 Å². The Morgan fingerprint density at radius 3 is 2.69 bits per heavy atom. The zero-order valence-electron chi connectivity index (χ0n) is 6.77. The minimum atomic E-state index is -0.00530. The topological polar surface area (TPSA) is 40.9 Å². The van der Waals surface area contributed by atoms with Gasteiger partial charge in [-0.3, -0.25) is 4.79 Å². The lowest BCUT2D eigenvalue weighted by atomic mass is 10.1. The van der Waals surface area contributed by atoms with Gasteiger partial charge >= 0.3 is 0 Å². The van der Waals surface area contributed by atoms with Crippen LogP contribution in [0.3, 0.4) is 0 Å². The number of hydrogen-bond acceptors (Lipinski definition) is 2. The Labute approximate surface area is 98.2 Å². The molecule has 66 valence electrons. The van der Waals surface area contributed by atoms with Crippen LogP contribution in [0.2, 0.25) is 0 Å². The van der Waals surface area contributed by atoms with Crippen molar-refractivity contribution in [1.82, 2.24) is 0 Å². The summed E-state index contributed by atoms with van der Waals surface area (Å²) in [7, 11) is 0. The van der Waals surface area contributed by atoms with E-state index in [4.69, 9.17) is 5.26 Å². The summed E-state index contributed by atoms with van der Waals surface area (Å²) in [4.78, 5) is 11.1. The summed E-state index contributed by atoms with van der Waals surface area (Å²) in [5.41, 5.74) is 1.20. The van der Waals surface area contributed by atoms with Gasteiger partial charge in [0.1, 0.15) is 6.07 Å². The first-order valence-electron chi connectivity index (χ1n) is 3.47. The fourth-order valence-electron chi connectivity index (χ4n) is 0.908. The Bertz CT molecular complexity index is 409. The summed E-state index contributed by atoms with van der Waals surface area (Å²) in [6.45, 7) is 1.50. The number of halogens is 2. The van der Waals surface area contributed by atoms with Crippen LogP contribution in [-0.2, 0) is 0 Å². The molecular weight excluding hydrogens is 345 g/mol. The Morgan fingerprint density at radius 1 is 1.62 bits per heavy atom. The zero-order valence-corrected chi connectivity index (χ0v) is 10.5. The normalized spacial score (nSPS) is 9.38. The number of nitrogens with zero attached hydrogens (tertiary/aromatic N) is 1. The monoisotopic (exact) mass is 349 g/mol. The number of ketones is 1. The molecule has 0 aromatic heterocycles. The maximum atomic E-state index is 11.1. The van der Waals surface area contributed by atoms with E-state index in [2.05, 4.69) is 22.0 Å². The SMILES string of the molecule is CC(=O)c1ccc(C#N)c(I)c1Br. The molecule has 13 heavy (non-hydrogen) atoms. The van der Waals surface area contributed by atoms with E-state index < -0.39 is 0 Å². The summed E-state index contributed by atoms with van der Waals surface area (Å²) >= 11 is 5.34. The largest absolute Gasteiger partial charge is 0.294 e.